The van der Waals surface area contributed by atoms with Crippen LogP contribution in [0.2, 0.25) is 0 Å². The SMILES string of the molecule is O=C(O)COc1ccc(Cc2cc3ccccc3s2)cc1[C@@H]1O[C@H](C(O)Cc2ccccc2)[C@](O)(Cc2ccccc2)[C@@](O)(Cc2ccccc2)[C@]1(O)Cc1ccccc1. The van der Waals surface area contributed by atoms with Gasteiger partial charge in [-0.3, -0.25) is 0 Å². The molecule has 1 unspecified atom stereocenters. The van der Waals surface area contributed by atoms with E-state index in [1.165, 1.54) is 0 Å². The van der Waals surface area contributed by atoms with Crippen molar-refractivity contribution in [2.24, 2.45) is 0 Å². The van der Waals surface area contributed by atoms with Gasteiger partial charge in [0.15, 0.2) is 6.61 Å². The molecule has 7 aromatic rings. The molecule has 9 heteroatoms. The third kappa shape index (κ3) is 8.38. The maximum atomic E-state index is 14.0. The molecule has 1 saturated heterocycles. The van der Waals surface area contributed by atoms with Crippen molar-refractivity contribution in [1.29, 1.82) is 0 Å². The van der Waals surface area contributed by atoms with E-state index in [9.17, 15) is 30.3 Å². The molecule has 6 aromatic carbocycles. The average molecular weight is 821 g/mol. The Balaban J connectivity index is 1.36. The number of aliphatic hydroxyl groups is 4. The number of aliphatic carboxylic acids is 1. The highest BCUT2D eigenvalue weighted by Gasteiger charge is 2.72. The number of fused-ring (bicyclic) bond motifs is 1. The maximum absolute atomic E-state index is 14.0. The summed E-state index contributed by atoms with van der Waals surface area (Å²) in [6, 6.07) is 52.5. The third-order valence-corrected chi connectivity index (χ3v) is 12.9. The number of benzene rings is 6. The van der Waals surface area contributed by atoms with Crippen LogP contribution in [0.25, 0.3) is 10.1 Å². The van der Waals surface area contributed by atoms with Crippen LogP contribution in [0.5, 0.6) is 5.75 Å². The number of aliphatic hydroxyl groups excluding tert-OH is 1. The quantitative estimate of drug-likeness (QED) is 0.0705. The molecule has 0 radical (unpaired) electrons. The summed E-state index contributed by atoms with van der Waals surface area (Å²) in [7, 11) is 0. The fraction of sp³-hybridized carbons (Fsp3) is 0.235. The first-order chi connectivity index (χ1) is 29.0. The van der Waals surface area contributed by atoms with Gasteiger partial charge in [-0.25, -0.2) is 4.79 Å². The van der Waals surface area contributed by atoms with Crippen LogP contribution in [-0.2, 0) is 41.6 Å². The molecule has 1 aliphatic heterocycles. The largest absolute Gasteiger partial charge is 0.482 e. The molecule has 0 saturated carbocycles. The van der Waals surface area contributed by atoms with E-state index in [0.29, 0.717) is 23.1 Å². The van der Waals surface area contributed by atoms with Crippen molar-refractivity contribution in [3.63, 3.8) is 0 Å². The van der Waals surface area contributed by atoms with Crippen LogP contribution in [0.1, 0.15) is 44.4 Å². The Bertz CT molecular complexity index is 2480. The summed E-state index contributed by atoms with van der Waals surface area (Å²) in [6.45, 7) is -0.682. The Kier molecular flexibility index (Phi) is 12.0. The van der Waals surface area contributed by atoms with Gasteiger partial charge >= 0.3 is 5.97 Å². The molecule has 1 fully saturated rings. The normalized spacial score (nSPS) is 23.3. The molecule has 8 nitrogen and oxygen atoms in total. The first kappa shape index (κ1) is 41.1. The molecule has 1 aromatic heterocycles. The second-order valence-corrected chi connectivity index (χ2v) is 17.0. The van der Waals surface area contributed by atoms with Crippen molar-refractivity contribution in [2.45, 2.75) is 67.2 Å². The number of ether oxygens (including phenoxy) is 2. The topological polar surface area (TPSA) is 137 Å². The smallest absolute Gasteiger partial charge is 0.341 e. The predicted octanol–water partition coefficient (Wildman–Crippen LogP) is 7.92. The van der Waals surface area contributed by atoms with Crippen LogP contribution in [0.4, 0.5) is 0 Å². The van der Waals surface area contributed by atoms with E-state index in [2.05, 4.69) is 18.2 Å². The summed E-state index contributed by atoms with van der Waals surface area (Å²) >= 11 is 1.66. The Hall–Kier alpha value is -5.65. The van der Waals surface area contributed by atoms with Crippen LogP contribution in [0, 0.1) is 0 Å². The highest BCUT2D eigenvalue weighted by molar-refractivity contribution is 7.19. The number of hydrogen-bond acceptors (Lipinski definition) is 8. The number of rotatable bonds is 15. The second kappa shape index (κ2) is 17.5. The fourth-order valence-electron chi connectivity index (χ4n) is 8.91. The summed E-state index contributed by atoms with van der Waals surface area (Å²) in [6.07, 6.45) is -4.41. The molecule has 306 valence electrons. The van der Waals surface area contributed by atoms with Crippen molar-refractivity contribution < 1.29 is 39.8 Å². The Morgan fingerprint density at radius 1 is 0.633 bits per heavy atom. The summed E-state index contributed by atoms with van der Waals surface area (Å²) in [5, 5.41) is 64.9. The number of carbonyl (C=O) groups is 1. The molecular formula is C51H48O8S. The molecule has 0 amide bonds. The lowest BCUT2D eigenvalue weighted by atomic mass is 9.56. The molecule has 5 N–H and O–H groups in total. The first-order valence-corrected chi connectivity index (χ1v) is 21.0. The Morgan fingerprint density at radius 3 is 1.75 bits per heavy atom. The van der Waals surface area contributed by atoms with E-state index < -0.39 is 47.7 Å². The fourth-order valence-corrected chi connectivity index (χ4v) is 10.0. The molecule has 2 heterocycles. The van der Waals surface area contributed by atoms with Crippen LogP contribution in [-0.4, -0.2) is 67.1 Å². The van der Waals surface area contributed by atoms with E-state index in [1.807, 2.05) is 146 Å². The van der Waals surface area contributed by atoms with Crippen molar-refractivity contribution in [2.75, 3.05) is 6.61 Å². The number of hydrogen-bond donors (Lipinski definition) is 5. The molecule has 0 spiro atoms. The zero-order valence-electron chi connectivity index (χ0n) is 33.0. The van der Waals surface area contributed by atoms with Crippen molar-refractivity contribution in [3.05, 3.63) is 208 Å². The van der Waals surface area contributed by atoms with E-state index in [0.717, 1.165) is 26.1 Å². The van der Waals surface area contributed by atoms with E-state index in [-0.39, 0.29) is 37.0 Å². The molecule has 0 aliphatic carbocycles. The number of carboxylic acid groups (broad SMARTS) is 1. The monoisotopic (exact) mass is 820 g/mol. The highest BCUT2D eigenvalue weighted by atomic mass is 32.1. The Morgan fingerprint density at radius 2 is 1.17 bits per heavy atom. The van der Waals surface area contributed by atoms with Gasteiger partial charge in [-0.2, -0.15) is 0 Å². The summed E-state index contributed by atoms with van der Waals surface area (Å²) < 4.78 is 14.2. The molecular weight excluding hydrogens is 773 g/mol. The minimum atomic E-state index is -2.44. The summed E-state index contributed by atoms with van der Waals surface area (Å²) in [5.74, 6) is -1.07. The number of carboxylic acids is 1. The number of thiophene rings is 1. The van der Waals surface area contributed by atoms with Crippen molar-refractivity contribution in [3.8, 4) is 5.75 Å². The standard InChI is InChI=1S/C51H48O8S/c52-43(29-35-15-5-1-6-16-35)48-50(56,32-37-19-9-3-10-20-37)51(57,33-38-21-11-4-12-22-38)49(55,31-36-17-7-2-8-18-36)47(59-48)42-28-39(25-26-44(42)58-34-46(53)54)27-41-30-40-23-13-14-24-45(40)60-41/h1-26,28,30,43,47-48,52,55-57H,27,29,31-34H2,(H,53,54)/t43?,47-,48+,49-,50+,51+/m0/s1. The lowest BCUT2D eigenvalue weighted by molar-refractivity contribution is -0.368. The lowest BCUT2D eigenvalue weighted by Crippen LogP contribution is -2.81. The van der Waals surface area contributed by atoms with Gasteiger partial charge in [0.25, 0.3) is 0 Å². The molecule has 6 atom stereocenters. The first-order valence-electron chi connectivity index (χ1n) is 20.2. The minimum Gasteiger partial charge on any atom is -0.482 e. The lowest BCUT2D eigenvalue weighted by Gasteiger charge is -2.62. The zero-order chi connectivity index (χ0) is 41.7. The third-order valence-electron chi connectivity index (χ3n) is 11.8. The van der Waals surface area contributed by atoms with E-state index in [4.69, 9.17) is 9.47 Å². The van der Waals surface area contributed by atoms with Gasteiger partial charge in [-0.1, -0.05) is 146 Å². The summed E-state index contributed by atoms with van der Waals surface area (Å²) in [4.78, 5) is 13.1. The van der Waals surface area contributed by atoms with Gasteiger partial charge in [-0.15, -0.1) is 11.3 Å². The van der Waals surface area contributed by atoms with Gasteiger partial charge < -0.3 is 35.0 Å². The van der Waals surface area contributed by atoms with E-state index in [1.54, 1.807) is 17.4 Å². The molecule has 8 rings (SSSR count). The highest BCUT2D eigenvalue weighted by Crippen LogP contribution is 2.56. The predicted molar refractivity (Wildman–Crippen MR) is 233 cm³/mol. The van der Waals surface area contributed by atoms with Crippen LogP contribution in [0.3, 0.4) is 0 Å². The second-order valence-electron chi connectivity index (χ2n) is 15.9. The van der Waals surface area contributed by atoms with E-state index >= 15 is 0 Å². The average Bonchev–Trinajstić information content (AvgIpc) is 3.66. The van der Waals surface area contributed by atoms with Gasteiger partial charge in [0.2, 0.25) is 0 Å². The summed E-state index contributed by atoms with van der Waals surface area (Å²) in [5.41, 5.74) is -3.28. The van der Waals surface area contributed by atoms with Crippen molar-refractivity contribution >= 4 is 27.4 Å². The van der Waals surface area contributed by atoms with Crippen LogP contribution >= 0.6 is 11.3 Å². The zero-order valence-corrected chi connectivity index (χ0v) is 33.8. The van der Waals surface area contributed by atoms with Crippen molar-refractivity contribution in [1.82, 2.24) is 0 Å². The minimum absolute atomic E-state index is 0.0577. The maximum Gasteiger partial charge on any atom is 0.341 e. The van der Waals surface area contributed by atoms with Gasteiger partial charge in [-0.05, 0) is 57.5 Å². The molecule has 1 aliphatic rings. The van der Waals surface area contributed by atoms with Crippen LogP contribution in [0.15, 0.2) is 170 Å². The van der Waals surface area contributed by atoms with Gasteiger partial charge in [0, 0.05) is 47.2 Å². The Labute approximate surface area is 353 Å². The van der Waals surface area contributed by atoms with Gasteiger partial charge in [0.1, 0.15) is 34.8 Å². The molecule has 0 bridgehead atoms. The van der Waals surface area contributed by atoms with Gasteiger partial charge in [0.05, 0.1) is 6.10 Å². The molecule has 60 heavy (non-hydrogen) atoms. The van der Waals surface area contributed by atoms with Crippen LogP contribution < -0.4 is 4.74 Å².